The highest BCUT2D eigenvalue weighted by Gasteiger charge is 2.14. The Morgan fingerprint density at radius 2 is 2.06 bits per heavy atom. The fourth-order valence-electron chi connectivity index (χ4n) is 1.80. The molecule has 0 aliphatic carbocycles. The molecule has 0 saturated carbocycles. The molecular weight excluding hydrogens is 236 g/mol. The van der Waals surface area contributed by atoms with E-state index < -0.39 is 11.6 Å². The molecule has 0 aliphatic rings. The van der Waals surface area contributed by atoms with Gasteiger partial charge in [0.15, 0.2) is 0 Å². The minimum atomic E-state index is -0.656. The van der Waals surface area contributed by atoms with Gasteiger partial charge in [-0.3, -0.25) is 4.68 Å². The van der Waals surface area contributed by atoms with Gasteiger partial charge in [-0.25, -0.2) is 8.78 Å². The lowest BCUT2D eigenvalue weighted by molar-refractivity contribution is 0.484. The van der Waals surface area contributed by atoms with Crippen molar-refractivity contribution in [3.05, 3.63) is 36.0 Å². The summed E-state index contributed by atoms with van der Waals surface area (Å²) in [6, 6.07) is 3.37. The van der Waals surface area contributed by atoms with Crippen molar-refractivity contribution < 1.29 is 8.78 Å². The van der Waals surface area contributed by atoms with Gasteiger partial charge in [0, 0.05) is 24.4 Å². The van der Waals surface area contributed by atoms with Crippen molar-refractivity contribution in [1.82, 2.24) is 9.78 Å². The van der Waals surface area contributed by atoms with Crippen molar-refractivity contribution in [1.29, 1.82) is 0 Å². The van der Waals surface area contributed by atoms with Crippen LogP contribution in [-0.4, -0.2) is 9.78 Å². The smallest absolute Gasteiger partial charge is 0.135 e. The van der Waals surface area contributed by atoms with Gasteiger partial charge in [0.1, 0.15) is 17.3 Å². The van der Waals surface area contributed by atoms with Crippen LogP contribution < -0.4 is 5.73 Å². The molecule has 0 saturated heterocycles. The summed E-state index contributed by atoms with van der Waals surface area (Å²) in [4.78, 5) is 0. The monoisotopic (exact) mass is 251 g/mol. The number of hydrogen-bond donors (Lipinski definition) is 1. The van der Waals surface area contributed by atoms with Crippen LogP contribution in [0, 0.1) is 17.6 Å². The van der Waals surface area contributed by atoms with E-state index in [0.717, 1.165) is 6.07 Å². The number of aromatic nitrogens is 2. The van der Waals surface area contributed by atoms with Crippen LogP contribution >= 0.6 is 0 Å². The molecule has 2 N–H and O–H groups in total. The van der Waals surface area contributed by atoms with E-state index in [-0.39, 0.29) is 5.56 Å². The van der Waals surface area contributed by atoms with Crippen LogP contribution in [0.2, 0.25) is 0 Å². The van der Waals surface area contributed by atoms with Gasteiger partial charge in [-0.05, 0) is 18.1 Å². The first-order valence-electron chi connectivity index (χ1n) is 5.75. The highest BCUT2D eigenvalue weighted by molar-refractivity contribution is 5.72. The lowest BCUT2D eigenvalue weighted by Crippen LogP contribution is -2.04. The number of hydrogen-bond acceptors (Lipinski definition) is 2. The molecule has 18 heavy (non-hydrogen) atoms. The van der Waals surface area contributed by atoms with Crippen molar-refractivity contribution in [2.45, 2.75) is 20.4 Å². The van der Waals surface area contributed by atoms with Crippen LogP contribution in [0.3, 0.4) is 0 Å². The predicted octanol–water partition coefficient (Wildman–Crippen LogP) is 3.07. The first-order valence-corrected chi connectivity index (χ1v) is 5.75. The van der Waals surface area contributed by atoms with Gasteiger partial charge in [-0.15, -0.1) is 0 Å². The molecule has 0 amide bonds. The molecule has 0 bridgehead atoms. The van der Waals surface area contributed by atoms with E-state index in [1.54, 1.807) is 10.9 Å². The second-order valence-corrected chi connectivity index (χ2v) is 4.67. The minimum Gasteiger partial charge on any atom is -0.396 e. The van der Waals surface area contributed by atoms with E-state index >= 15 is 0 Å². The van der Waals surface area contributed by atoms with E-state index in [1.807, 2.05) is 0 Å². The van der Waals surface area contributed by atoms with Crippen LogP contribution in [0.15, 0.2) is 24.4 Å². The fourth-order valence-corrected chi connectivity index (χ4v) is 1.80. The summed E-state index contributed by atoms with van der Waals surface area (Å²) in [6.07, 6.45) is 1.66. The Morgan fingerprint density at radius 1 is 1.33 bits per heavy atom. The average molecular weight is 251 g/mol. The Hall–Kier alpha value is -1.91. The van der Waals surface area contributed by atoms with Crippen molar-refractivity contribution in [3.8, 4) is 11.3 Å². The van der Waals surface area contributed by atoms with E-state index in [2.05, 4.69) is 18.9 Å². The van der Waals surface area contributed by atoms with Crippen molar-refractivity contribution >= 4 is 5.69 Å². The highest BCUT2D eigenvalue weighted by Crippen LogP contribution is 2.27. The molecule has 0 unspecified atom stereocenters. The lowest BCUT2D eigenvalue weighted by Gasteiger charge is -2.04. The van der Waals surface area contributed by atoms with Crippen LogP contribution in [0.5, 0.6) is 0 Å². The SMILES string of the molecule is CC(C)Cn1cc(N)c(-c2ccc(F)cc2F)n1. The Labute approximate surface area is 104 Å². The molecule has 1 aromatic carbocycles. The van der Waals surface area contributed by atoms with Crippen LogP contribution in [0.1, 0.15) is 13.8 Å². The summed E-state index contributed by atoms with van der Waals surface area (Å²) in [7, 11) is 0. The molecule has 2 aromatic rings. The van der Waals surface area contributed by atoms with Gasteiger partial charge in [-0.2, -0.15) is 5.10 Å². The predicted molar refractivity (Wildman–Crippen MR) is 66.8 cm³/mol. The Morgan fingerprint density at radius 3 is 2.67 bits per heavy atom. The molecule has 1 aromatic heterocycles. The molecule has 0 aliphatic heterocycles. The van der Waals surface area contributed by atoms with E-state index in [1.165, 1.54) is 12.1 Å². The summed E-state index contributed by atoms with van der Waals surface area (Å²) in [6.45, 7) is 4.80. The summed E-state index contributed by atoms with van der Waals surface area (Å²) >= 11 is 0. The number of nitrogen functional groups attached to an aromatic ring is 1. The van der Waals surface area contributed by atoms with Gasteiger partial charge < -0.3 is 5.73 Å². The first-order chi connectivity index (χ1) is 8.47. The maximum absolute atomic E-state index is 13.6. The quantitative estimate of drug-likeness (QED) is 0.911. The minimum absolute atomic E-state index is 0.219. The van der Waals surface area contributed by atoms with Gasteiger partial charge in [0.25, 0.3) is 0 Å². The number of anilines is 1. The van der Waals surface area contributed by atoms with Crippen molar-refractivity contribution in [2.75, 3.05) is 5.73 Å². The lowest BCUT2D eigenvalue weighted by atomic mass is 10.1. The zero-order valence-corrected chi connectivity index (χ0v) is 10.3. The van der Waals surface area contributed by atoms with Gasteiger partial charge >= 0.3 is 0 Å². The molecule has 0 radical (unpaired) electrons. The third kappa shape index (κ3) is 2.50. The molecule has 0 fully saturated rings. The van der Waals surface area contributed by atoms with Gasteiger partial charge in [-0.1, -0.05) is 13.8 Å². The fraction of sp³-hybridized carbons (Fsp3) is 0.308. The third-order valence-corrected chi connectivity index (χ3v) is 2.53. The maximum Gasteiger partial charge on any atom is 0.135 e. The van der Waals surface area contributed by atoms with Gasteiger partial charge in [0.05, 0.1) is 5.69 Å². The first kappa shape index (κ1) is 12.5. The second-order valence-electron chi connectivity index (χ2n) is 4.67. The molecule has 0 atom stereocenters. The molecular formula is C13H15F2N3. The average Bonchev–Trinajstić information content (AvgIpc) is 2.58. The largest absolute Gasteiger partial charge is 0.396 e. The van der Waals surface area contributed by atoms with E-state index in [0.29, 0.717) is 23.8 Å². The van der Waals surface area contributed by atoms with E-state index in [4.69, 9.17) is 5.73 Å². The summed E-state index contributed by atoms with van der Waals surface area (Å²) in [5.74, 6) is -0.858. The standard InChI is InChI=1S/C13H15F2N3/c1-8(2)6-18-7-12(16)13(17-18)10-4-3-9(14)5-11(10)15/h3-5,7-8H,6,16H2,1-2H3. The third-order valence-electron chi connectivity index (χ3n) is 2.53. The molecule has 3 nitrogen and oxygen atoms in total. The maximum atomic E-state index is 13.6. The molecule has 5 heteroatoms. The molecule has 1 heterocycles. The number of nitrogens with two attached hydrogens (primary N) is 1. The van der Waals surface area contributed by atoms with Crippen LogP contribution in [0.25, 0.3) is 11.3 Å². The summed E-state index contributed by atoms with van der Waals surface area (Å²) in [5, 5.41) is 4.24. The molecule has 96 valence electrons. The number of rotatable bonds is 3. The van der Waals surface area contributed by atoms with E-state index in [9.17, 15) is 8.78 Å². The summed E-state index contributed by atoms with van der Waals surface area (Å²) < 4.78 is 28.2. The Kier molecular flexibility index (Phi) is 3.32. The summed E-state index contributed by atoms with van der Waals surface area (Å²) in [5.41, 5.74) is 6.78. The van der Waals surface area contributed by atoms with Crippen molar-refractivity contribution in [2.24, 2.45) is 5.92 Å². The normalized spacial score (nSPS) is 11.2. The zero-order valence-electron chi connectivity index (χ0n) is 10.3. The van der Waals surface area contributed by atoms with Crippen LogP contribution in [0.4, 0.5) is 14.5 Å². The highest BCUT2D eigenvalue weighted by atomic mass is 19.1. The zero-order chi connectivity index (χ0) is 13.3. The topological polar surface area (TPSA) is 43.8 Å². The molecule has 2 rings (SSSR count). The Bertz CT molecular complexity index is 561. The number of halogens is 2. The number of benzene rings is 1. The van der Waals surface area contributed by atoms with Crippen LogP contribution in [-0.2, 0) is 6.54 Å². The number of nitrogens with zero attached hydrogens (tertiary/aromatic N) is 2. The molecule has 0 spiro atoms. The van der Waals surface area contributed by atoms with Gasteiger partial charge in [0.2, 0.25) is 0 Å². The van der Waals surface area contributed by atoms with Crippen molar-refractivity contribution in [3.63, 3.8) is 0 Å². The Balaban J connectivity index is 2.41. The second kappa shape index (κ2) is 4.76.